The van der Waals surface area contributed by atoms with Gasteiger partial charge in [0.15, 0.2) is 0 Å². The number of hydrogen-bond acceptors (Lipinski definition) is 3. The van der Waals surface area contributed by atoms with E-state index in [0.29, 0.717) is 6.04 Å². The Labute approximate surface area is 135 Å². The average molecular weight is 301 g/mol. The first kappa shape index (κ1) is 16.0. The van der Waals surface area contributed by atoms with Crippen LogP contribution in [0, 0.1) is 0 Å². The van der Waals surface area contributed by atoms with E-state index in [1.807, 2.05) is 0 Å². The van der Waals surface area contributed by atoms with Crippen molar-refractivity contribution in [3.63, 3.8) is 0 Å². The van der Waals surface area contributed by atoms with Crippen molar-refractivity contribution >= 4 is 12.6 Å². The average Bonchev–Trinajstić information content (AvgIpc) is 2.92. The highest BCUT2D eigenvalue weighted by Crippen LogP contribution is 2.36. The Bertz CT molecular complexity index is 510. The normalized spacial score (nSPS) is 27.5. The van der Waals surface area contributed by atoms with Crippen molar-refractivity contribution < 1.29 is 9.31 Å². The summed E-state index contributed by atoms with van der Waals surface area (Å²) in [6, 6.07) is 9.44. The molecule has 0 bridgehead atoms. The van der Waals surface area contributed by atoms with Crippen LogP contribution in [0.5, 0.6) is 0 Å². The first-order valence-electron chi connectivity index (χ1n) is 8.47. The van der Waals surface area contributed by atoms with Gasteiger partial charge in [-0.1, -0.05) is 24.3 Å². The van der Waals surface area contributed by atoms with Crippen LogP contribution < -0.4 is 5.46 Å². The second-order valence-corrected chi connectivity index (χ2v) is 7.79. The third-order valence-corrected chi connectivity index (χ3v) is 5.58. The summed E-state index contributed by atoms with van der Waals surface area (Å²) in [6.45, 7) is 13.0. The van der Waals surface area contributed by atoms with Gasteiger partial charge in [0.1, 0.15) is 0 Å². The second-order valence-electron chi connectivity index (χ2n) is 7.79. The quantitative estimate of drug-likeness (QED) is 0.801. The molecule has 1 atom stereocenters. The van der Waals surface area contributed by atoms with Crippen LogP contribution in [-0.2, 0) is 15.9 Å². The van der Waals surface area contributed by atoms with Gasteiger partial charge in [0, 0.05) is 12.6 Å². The molecule has 0 aromatic heterocycles. The fraction of sp³-hybridized carbons (Fsp3) is 0.667. The molecule has 1 aromatic rings. The predicted octanol–water partition coefficient (Wildman–Crippen LogP) is 2.97. The molecule has 2 saturated heterocycles. The minimum Gasteiger partial charge on any atom is -0.399 e. The number of hydrogen-bond donors (Lipinski definition) is 0. The molecule has 3 rings (SSSR count). The minimum atomic E-state index is -0.276. The lowest BCUT2D eigenvalue weighted by Crippen LogP contribution is -2.41. The summed E-state index contributed by atoms with van der Waals surface area (Å²) in [5.74, 6) is 0. The summed E-state index contributed by atoms with van der Waals surface area (Å²) in [6.07, 6.45) is 2.65. The van der Waals surface area contributed by atoms with Crippen LogP contribution in [0.4, 0.5) is 0 Å². The highest BCUT2D eigenvalue weighted by atomic mass is 16.7. The topological polar surface area (TPSA) is 21.7 Å². The van der Waals surface area contributed by atoms with Crippen molar-refractivity contribution in [2.75, 3.05) is 6.54 Å². The van der Waals surface area contributed by atoms with E-state index in [0.717, 1.165) is 12.0 Å². The standard InChI is InChI=1S/C18H28BNO2/c1-14-7-6-12-20(14)13-15-8-10-16(11-9-15)19-21-17(2,3)18(4,5)22-19/h8-11,14H,6-7,12-13H2,1-5H3. The Morgan fingerprint density at radius 3 is 2.18 bits per heavy atom. The van der Waals surface area contributed by atoms with Crippen molar-refractivity contribution in [2.24, 2.45) is 0 Å². The van der Waals surface area contributed by atoms with Crippen molar-refractivity contribution in [1.82, 2.24) is 4.90 Å². The zero-order chi connectivity index (χ0) is 16.0. The summed E-state index contributed by atoms with van der Waals surface area (Å²) >= 11 is 0. The predicted molar refractivity (Wildman–Crippen MR) is 91.3 cm³/mol. The molecule has 2 fully saturated rings. The van der Waals surface area contributed by atoms with Crippen molar-refractivity contribution in [2.45, 2.75) is 71.2 Å². The molecule has 0 radical (unpaired) electrons. The molecule has 0 aliphatic carbocycles. The smallest absolute Gasteiger partial charge is 0.399 e. The van der Waals surface area contributed by atoms with E-state index >= 15 is 0 Å². The summed E-state index contributed by atoms with van der Waals surface area (Å²) in [7, 11) is -0.259. The van der Waals surface area contributed by atoms with E-state index in [1.165, 1.54) is 24.9 Å². The maximum atomic E-state index is 6.11. The Morgan fingerprint density at radius 1 is 1.09 bits per heavy atom. The Balaban J connectivity index is 1.67. The number of rotatable bonds is 3. The van der Waals surface area contributed by atoms with Crippen molar-refractivity contribution in [1.29, 1.82) is 0 Å². The third-order valence-electron chi connectivity index (χ3n) is 5.58. The van der Waals surface area contributed by atoms with E-state index in [1.54, 1.807) is 0 Å². The molecule has 0 saturated carbocycles. The highest BCUT2D eigenvalue weighted by Gasteiger charge is 2.51. The van der Waals surface area contributed by atoms with Crippen LogP contribution in [0.2, 0.25) is 0 Å². The largest absolute Gasteiger partial charge is 0.494 e. The minimum absolute atomic E-state index is 0.259. The summed E-state index contributed by atoms with van der Waals surface area (Å²) < 4.78 is 12.2. The van der Waals surface area contributed by atoms with Gasteiger partial charge < -0.3 is 9.31 Å². The van der Waals surface area contributed by atoms with Gasteiger partial charge in [-0.25, -0.2) is 0 Å². The van der Waals surface area contributed by atoms with Gasteiger partial charge in [0.2, 0.25) is 0 Å². The maximum absolute atomic E-state index is 6.11. The molecular formula is C18H28BNO2. The Morgan fingerprint density at radius 2 is 1.68 bits per heavy atom. The highest BCUT2D eigenvalue weighted by molar-refractivity contribution is 6.62. The third kappa shape index (κ3) is 2.97. The summed E-state index contributed by atoms with van der Waals surface area (Å²) in [5.41, 5.74) is 1.92. The molecular weight excluding hydrogens is 273 g/mol. The Kier molecular flexibility index (Phi) is 4.13. The summed E-state index contributed by atoms with van der Waals surface area (Å²) in [5, 5.41) is 0. The van der Waals surface area contributed by atoms with Gasteiger partial charge >= 0.3 is 7.12 Å². The van der Waals surface area contributed by atoms with Crippen LogP contribution in [-0.4, -0.2) is 35.8 Å². The van der Waals surface area contributed by atoms with Gasteiger partial charge in [-0.3, -0.25) is 4.90 Å². The van der Waals surface area contributed by atoms with E-state index in [9.17, 15) is 0 Å². The lowest BCUT2D eigenvalue weighted by Gasteiger charge is -2.32. The van der Waals surface area contributed by atoms with Gasteiger partial charge in [-0.2, -0.15) is 0 Å². The molecule has 3 nitrogen and oxygen atoms in total. The van der Waals surface area contributed by atoms with Gasteiger partial charge in [0.05, 0.1) is 11.2 Å². The van der Waals surface area contributed by atoms with Crippen LogP contribution in [0.25, 0.3) is 0 Å². The molecule has 2 aliphatic heterocycles. The second kappa shape index (κ2) is 5.66. The fourth-order valence-electron chi connectivity index (χ4n) is 3.22. The van der Waals surface area contributed by atoms with E-state index < -0.39 is 0 Å². The molecule has 0 N–H and O–H groups in total. The molecule has 0 amide bonds. The van der Waals surface area contributed by atoms with Gasteiger partial charge in [-0.05, 0) is 65.0 Å². The zero-order valence-corrected chi connectivity index (χ0v) is 14.6. The van der Waals surface area contributed by atoms with E-state index in [4.69, 9.17) is 9.31 Å². The molecule has 0 spiro atoms. The summed E-state index contributed by atoms with van der Waals surface area (Å²) in [4.78, 5) is 2.56. The molecule has 4 heteroatoms. The lowest BCUT2D eigenvalue weighted by molar-refractivity contribution is 0.00578. The van der Waals surface area contributed by atoms with E-state index in [-0.39, 0.29) is 18.3 Å². The molecule has 1 unspecified atom stereocenters. The van der Waals surface area contributed by atoms with Crippen LogP contribution in [0.3, 0.4) is 0 Å². The molecule has 1 aromatic carbocycles. The molecule has 2 aliphatic rings. The van der Waals surface area contributed by atoms with E-state index in [2.05, 4.69) is 63.8 Å². The first-order chi connectivity index (χ1) is 10.3. The molecule has 22 heavy (non-hydrogen) atoms. The maximum Gasteiger partial charge on any atom is 0.494 e. The number of nitrogens with zero attached hydrogens (tertiary/aromatic N) is 1. The molecule has 120 valence electrons. The van der Waals surface area contributed by atoms with Crippen molar-refractivity contribution in [3.8, 4) is 0 Å². The Hall–Kier alpha value is -0.835. The van der Waals surface area contributed by atoms with Crippen LogP contribution in [0.1, 0.15) is 53.0 Å². The lowest BCUT2D eigenvalue weighted by atomic mass is 9.79. The fourth-order valence-corrected chi connectivity index (χ4v) is 3.22. The first-order valence-corrected chi connectivity index (χ1v) is 8.47. The van der Waals surface area contributed by atoms with Gasteiger partial charge in [0.25, 0.3) is 0 Å². The number of benzene rings is 1. The van der Waals surface area contributed by atoms with Gasteiger partial charge in [-0.15, -0.1) is 0 Å². The van der Waals surface area contributed by atoms with Crippen LogP contribution >= 0.6 is 0 Å². The monoisotopic (exact) mass is 301 g/mol. The molecule has 2 heterocycles. The number of likely N-dealkylation sites (tertiary alicyclic amines) is 1. The van der Waals surface area contributed by atoms with Crippen LogP contribution in [0.15, 0.2) is 24.3 Å². The van der Waals surface area contributed by atoms with Crippen molar-refractivity contribution in [3.05, 3.63) is 29.8 Å². The SMILES string of the molecule is CC1CCCN1Cc1ccc(B2OC(C)(C)C(C)(C)O2)cc1. The zero-order valence-electron chi connectivity index (χ0n) is 14.6.